The number of hydrogen-bond donors (Lipinski definition) is 3. The van der Waals surface area contributed by atoms with Crippen LogP contribution in [0.3, 0.4) is 0 Å². The van der Waals surface area contributed by atoms with Gasteiger partial charge in [-0.25, -0.2) is 4.57 Å². The van der Waals surface area contributed by atoms with E-state index in [4.69, 9.17) is 32.2 Å². The van der Waals surface area contributed by atoms with E-state index >= 15 is 0 Å². The molecule has 0 aliphatic carbocycles. The zero-order chi connectivity index (χ0) is 47.6. The third-order valence-electron chi connectivity index (χ3n) is 12.2. The van der Waals surface area contributed by atoms with Crippen molar-refractivity contribution >= 4 is 77.4 Å². The Labute approximate surface area is 399 Å². The first kappa shape index (κ1) is 47.4. The number of hydrogen-bond acceptors (Lipinski definition) is 7. The van der Waals surface area contributed by atoms with Gasteiger partial charge in [-0.05, 0) is 161 Å². The van der Waals surface area contributed by atoms with Crippen molar-refractivity contribution in [3.05, 3.63) is 187 Å². The second kappa shape index (κ2) is 20.0. The van der Waals surface area contributed by atoms with Gasteiger partial charge in [0.25, 0.3) is 23.6 Å². The van der Waals surface area contributed by atoms with Gasteiger partial charge >= 0.3 is 7.82 Å². The van der Waals surface area contributed by atoms with Crippen LogP contribution in [0.2, 0.25) is 10.0 Å². The number of aryl methyl sites for hydroxylation is 4. The number of fused-ring (bicyclic) bond motifs is 2. The van der Waals surface area contributed by atoms with Gasteiger partial charge in [-0.2, -0.15) is 0 Å². The standard InChI is InChI=1S/C52H49Cl2N4O8P/c1-31-11-5-7-13-39(31)49(59)55-37-19-21-41(33(3)27-37)51(61)57-25-9-15-47(43-29-35(53)17-23-45(43)57)65-67(63,64)66-48-16-10-26-58(46-24-18-36(54)30-44(46)48)52(62)42-22-20-38(28-34(42)4)56-50(60)40-14-8-6-12-32(40)2/h5-8,11-14,17-24,27-30,47-48H,9-10,15-16,25-26H2,1-4H3,(H,55,59)(H,56,60)(H,63,64). The molecule has 0 radical (unpaired) electrons. The molecule has 0 aromatic heterocycles. The van der Waals surface area contributed by atoms with Crippen LogP contribution in [0, 0.1) is 27.7 Å². The van der Waals surface area contributed by atoms with Crippen molar-refractivity contribution in [1.82, 2.24) is 0 Å². The number of rotatable bonds is 10. The van der Waals surface area contributed by atoms with E-state index < -0.39 is 20.0 Å². The van der Waals surface area contributed by atoms with Crippen molar-refractivity contribution in [1.29, 1.82) is 0 Å². The van der Waals surface area contributed by atoms with Crippen molar-refractivity contribution in [3.8, 4) is 0 Å². The molecule has 0 bridgehead atoms. The third kappa shape index (κ3) is 10.6. The van der Waals surface area contributed by atoms with Crippen molar-refractivity contribution in [2.75, 3.05) is 33.5 Å². The van der Waals surface area contributed by atoms with Crippen LogP contribution in [0.5, 0.6) is 0 Å². The fourth-order valence-electron chi connectivity index (χ4n) is 8.77. The van der Waals surface area contributed by atoms with E-state index in [0.717, 1.165) is 11.1 Å². The topological polar surface area (TPSA) is 155 Å². The van der Waals surface area contributed by atoms with Gasteiger partial charge in [0.2, 0.25) is 0 Å². The van der Waals surface area contributed by atoms with E-state index in [0.29, 0.717) is 90.1 Å². The molecule has 0 spiro atoms. The molecule has 12 nitrogen and oxygen atoms in total. The summed E-state index contributed by atoms with van der Waals surface area (Å²) in [6.45, 7) is 7.87. The first-order valence-electron chi connectivity index (χ1n) is 21.9. The number of amides is 4. The van der Waals surface area contributed by atoms with Crippen molar-refractivity contribution in [3.63, 3.8) is 0 Å². The maximum absolute atomic E-state index is 14.3. The molecule has 2 atom stereocenters. The molecular formula is C52H49Cl2N4O8P. The molecule has 6 aromatic rings. The van der Waals surface area contributed by atoms with E-state index in [1.54, 1.807) is 121 Å². The van der Waals surface area contributed by atoms with Crippen LogP contribution in [0.1, 0.15) is 113 Å². The fraction of sp³-hybridized carbons (Fsp3) is 0.231. The smallest absolute Gasteiger partial charge is 0.322 e. The molecule has 0 fully saturated rings. The van der Waals surface area contributed by atoms with Crippen LogP contribution < -0.4 is 20.4 Å². The molecule has 2 aliphatic heterocycles. The number of halogens is 2. The van der Waals surface area contributed by atoms with Gasteiger partial charge in [0.15, 0.2) is 0 Å². The number of benzene rings is 6. The summed E-state index contributed by atoms with van der Waals surface area (Å²) in [5.41, 5.74) is 7.78. The van der Waals surface area contributed by atoms with Gasteiger partial charge in [0, 0.05) is 79.3 Å². The summed E-state index contributed by atoms with van der Waals surface area (Å²) in [5, 5.41) is 6.53. The Morgan fingerprint density at radius 2 is 0.955 bits per heavy atom. The molecule has 3 N–H and O–H groups in total. The summed E-state index contributed by atoms with van der Waals surface area (Å²) < 4.78 is 26.2. The summed E-state index contributed by atoms with van der Waals surface area (Å²) in [7, 11) is -4.88. The lowest BCUT2D eigenvalue weighted by atomic mass is 10.0. The minimum Gasteiger partial charge on any atom is -0.322 e. The lowest BCUT2D eigenvalue weighted by Crippen LogP contribution is -2.32. The largest absolute Gasteiger partial charge is 0.473 e. The Hall–Kier alpha value is -6.11. The predicted molar refractivity (Wildman–Crippen MR) is 263 cm³/mol. The van der Waals surface area contributed by atoms with Gasteiger partial charge in [0.1, 0.15) is 0 Å². The summed E-state index contributed by atoms with van der Waals surface area (Å²) in [6, 6.07) is 34.7. The van der Waals surface area contributed by atoms with Gasteiger partial charge in [-0.15, -0.1) is 0 Å². The number of nitrogens with one attached hydrogen (secondary N) is 2. The number of anilines is 4. The molecule has 4 amide bonds. The molecule has 2 heterocycles. The van der Waals surface area contributed by atoms with Crippen molar-refractivity contribution in [2.24, 2.45) is 0 Å². The minimum atomic E-state index is -4.88. The van der Waals surface area contributed by atoms with Crippen molar-refractivity contribution in [2.45, 2.75) is 65.6 Å². The van der Waals surface area contributed by atoms with Gasteiger partial charge in [-0.3, -0.25) is 28.2 Å². The molecule has 15 heteroatoms. The van der Waals surface area contributed by atoms with Crippen LogP contribution in [-0.4, -0.2) is 41.6 Å². The highest BCUT2D eigenvalue weighted by Gasteiger charge is 2.38. The Morgan fingerprint density at radius 1 is 0.552 bits per heavy atom. The van der Waals surface area contributed by atoms with Crippen molar-refractivity contribution < 1.29 is 37.7 Å². The normalized spacial score (nSPS) is 16.7. The highest BCUT2D eigenvalue weighted by molar-refractivity contribution is 7.47. The first-order chi connectivity index (χ1) is 32.1. The monoisotopic (exact) mass is 958 g/mol. The average molecular weight is 960 g/mol. The number of nitrogens with zero attached hydrogens (tertiary/aromatic N) is 2. The van der Waals surface area contributed by atoms with Crippen LogP contribution in [0.25, 0.3) is 0 Å². The molecule has 2 aliphatic rings. The average Bonchev–Trinajstić information content (AvgIpc) is 3.57. The van der Waals surface area contributed by atoms with E-state index in [2.05, 4.69) is 10.6 Å². The second-order valence-electron chi connectivity index (χ2n) is 16.9. The Bertz CT molecular complexity index is 2790. The minimum absolute atomic E-state index is 0.258. The summed E-state index contributed by atoms with van der Waals surface area (Å²) in [6.07, 6.45) is -0.640. The zero-order valence-corrected chi connectivity index (χ0v) is 39.8. The van der Waals surface area contributed by atoms with Crippen LogP contribution in [-0.2, 0) is 13.6 Å². The Morgan fingerprint density at radius 3 is 1.34 bits per heavy atom. The SMILES string of the molecule is Cc1ccccc1C(=O)Nc1ccc(C(=O)N2CCCC(OP(=O)(O)OC3CCCN(C(=O)c4ccc(NC(=O)c5ccccc5C)cc4C)c4ccc(Cl)cc43)c3cc(Cl)ccc32)c(C)c1. The second-order valence-corrected chi connectivity index (χ2v) is 19.1. The van der Waals surface area contributed by atoms with E-state index in [1.807, 2.05) is 38.1 Å². The Balaban J connectivity index is 0.990. The van der Waals surface area contributed by atoms with Crippen LogP contribution in [0.4, 0.5) is 22.7 Å². The molecule has 0 saturated carbocycles. The number of carbonyl (C=O) groups is 4. The Kier molecular flexibility index (Phi) is 14.1. The molecule has 2 unspecified atom stereocenters. The molecule has 67 heavy (non-hydrogen) atoms. The lowest BCUT2D eigenvalue weighted by molar-refractivity contribution is 0.0673. The molecular weight excluding hydrogens is 910 g/mol. The van der Waals surface area contributed by atoms with Crippen LogP contribution in [0.15, 0.2) is 121 Å². The summed E-state index contributed by atoms with van der Waals surface area (Å²) in [4.78, 5) is 69.5. The lowest BCUT2D eigenvalue weighted by Gasteiger charge is -2.27. The maximum atomic E-state index is 14.3. The fourth-order valence-corrected chi connectivity index (χ4v) is 10.3. The summed E-state index contributed by atoms with van der Waals surface area (Å²) >= 11 is 13.1. The highest BCUT2D eigenvalue weighted by Crippen LogP contribution is 2.56. The molecule has 8 rings (SSSR count). The molecule has 344 valence electrons. The number of phosphoric ester groups is 1. The van der Waals surface area contributed by atoms with Crippen LogP contribution >= 0.6 is 31.0 Å². The maximum Gasteiger partial charge on any atom is 0.473 e. The van der Waals surface area contributed by atoms with Gasteiger partial charge in [-0.1, -0.05) is 59.6 Å². The van der Waals surface area contributed by atoms with E-state index in [1.165, 1.54) is 0 Å². The quantitative estimate of drug-likeness (QED) is 0.115. The molecule has 0 saturated heterocycles. The van der Waals surface area contributed by atoms with Gasteiger partial charge in [0.05, 0.1) is 12.2 Å². The van der Waals surface area contributed by atoms with E-state index in [9.17, 15) is 28.6 Å². The van der Waals surface area contributed by atoms with Gasteiger partial charge < -0.3 is 25.3 Å². The first-order valence-corrected chi connectivity index (χ1v) is 24.2. The highest BCUT2D eigenvalue weighted by atomic mass is 35.5. The van der Waals surface area contributed by atoms with E-state index in [-0.39, 0.29) is 49.6 Å². The zero-order valence-electron chi connectivity index (χ0n) is 37.3. The predicted octanol–water partition coefficient (Wildman–Crippen LogP) is 12.5. The number of carbonyl (C=O) groups excluding carboxylic acids is 4. The number of phosphoric acid groups is 1. The summed E-state index contributed by atoms with van der Waals surface area (Å²) in [5.74, 6) is -1.12. The molecule has 6 aromatic carbocycles. The third-order valence-corrected chi connectivity index (χ3v) is 13.7.